The molecule has 6 heteroatoms. The fourth-order valence-corrected chi connectivity index (χ4v) is 3.47. The van der Waals surface area contributed by atoms with Gasteiger partial charge in [-0.3, -0.25) is 10.1 Å². The fraction of sp³-hybridized carbons (Fsp3) is 0.192. The van der Waals surface area contributed by atoms with Gasteiger partial charge in [0.15, 0.2) is 0 Å². The molecule has 0 spiro atoms. The molecule has 4 rings (SSSR count). The number of hydrogen-bond acceptors (Lipinski definition) is 4. The molecule has 0 saturated carbocycles. The molecule has 1 aromatic heterocycles. The quantitative estimate of drug-likeness (QED) is 0.219. The van der Waals surface area contributed by atoms with Gasteiger partial charge in [0, 0.05) is 23.1 Å². The Hall–Kier alpha value is -3.44. The number of ether oxygens (including phenoxy) is 1. The van der Waals surface area contributed by atoms with Crippen molar-refractivity contribution in [1.29, 1.82) is 0 Å². The Kier molecular flexibility index (Phi) is 7.44. The van der Waals surface area contributed by atoms with Crippen LogP contribution in [-0.2, 0) is 0 Å². The van der Waals surface area contributed by atoms with Crippen LogP contribution in [0.4, 0.5) is 5.69 Å². The Morgan fingerprint density at radius 1 is 0.938 bits per heavy atom. The highest BCUT2D eigenvalue weighted by Gasteiger charge is 2.14. The average Bonchev–Trinajstić information content (AvgIpc) is 2.78. The first-order valence-corrected chi connectivity index (χ1v) is 10.4. The van der Waals surface area contributed by atoms with E-state index in [1.807, 2.05) is 60.7 Å². The zero-order valence-corrected chi connectivity index (χ0v) is 18.8. The van der Waals surface area contributed by atoms with Crippen LogP contribution in [0.3, 0.4) is 0 Å². The van der Waals surface area contributed by atoms with E-state index >= 15 is 0 Å². The maximum atomic E-state index is 11.3. The number of pyridine rings is 1. The molecule has 0 unspecified atom stereocenters. The number of hydrogen-bond donors (Lipinski definition) is 0. The minimum atomic E-state index is -0.375. The smallest absolute Gasteiger partial charge is 0.270 e. The van der Waals surface area contributed by atoms with Crippen molar-refractivity contribution >= 4 is 29.0 Å². The molecule has 0 N–H and O–H groups in total. The van der Waals surface area contributed by atoms with Crippen LogP contribution in [0.25, 0.3) is 33.3 Å². The summed E-state index contributed by atoms with van der Waals surface area (Å²) in [5.41, 5.74) is 4.47. The molecule has 0 fully saturated rings. The molecule has 4 aromatic rings. The average molecular weight is 449 g/mol. The second kappa shape index (κ2) is 10.2. The minimum absolute atomic E-state index is 0. The molecular formula is C26H25ClN2O3. The number of rotatable bonds is 7. The van der Waals surface area contributed by atoms with Crippen molar-refractivity contribution in [1.82, 2.24) is 4.98 Å². The van der Waals surface area contributed by atoms with E-state index in [1.54, 1.807) is 12.1 Å². The molecule has 0 aliphatic heterocycles. The summed E-state index contributed by atoms with van der Waals surface area (Å²) >= 11 is 0. The molecule has 0 saturated heterocycles. The van der Waals surface area contributed by atoms with E-state index in [0.717, 1.165) is 45.5 Å². The van der Waals surface area contributed by atoms with Crippen molar-refractivity contribution in [2.45, 2.75) is 20.3 Å². The van der Waals surface area contributed by atoms with Crippen LogP contribution in [0.5, 0.6) is 5.75 Å². The fourth-order valence-electron chi connectivity index (χ4n) is 3.47. The third kappa shape index (κ3) is 5.24. The summed E-state index contributed by atoms with van der Waals surface area (Å²) in [5.74, 6) is 1.44. The van der Waals surface area contributed by atoms with Crippen molar-refractivity contribution in [3.8, 4) is 28.1 Å². The van der Waals surface area contributed by atoms with Crippen LogP contribution >= 0.6 is 12.4 Å². The van der Waals surface area contributed by atoms with Crippen molar-refractivity contribution in [3.05, 3.63) is 89.0 Å². The lowest BCUT2D eigenvalue weighted by Gasteiger charge is -2.12. The monoisotopic (exact) mass is 448 g/mol. The zero-order valence-electron chi connectivity index (χ0n) is 18.0. The van der Waals surface area contributed by atoms with Crippen LogP contribution in [0.2, 0.25) is 0 Å². The molecule has 0 bridgehead atoms. The molecule has 0 radical (unpaired) electrons. The topological polar surface area (TPSA) is 65.3 Å². The molecule has 1 heterocycles. The number of non-ortho nitro benzene ring substituents is 1. The Labute approximate surface area is 193 Å². The lowest BCUT2D eigenvalue weighted by Crippen LogP contribution is -2.01. The second-order valence-corrected chi connectivity index (χ2v) is 7.94. The molecule has 0 atom stereocenters. The van der Waals surface area contributed by atoms with Crippen LogP contribution in [0.1, 0.15) is 20.3 Å². The number of benzene rings is 3. The zero-order chi connectivity index (χ0) is 21.8. The number of nitrogens with zero attached hydrogens (tertiary/aromatic N) is 2. The van der Waals surface area contributed by atoms with Gasteiger partial charge in [0.25, 0.3) is 5.69 Å². The van der Waals surface area contributed by atoms with E-state index in [-0.39, 0.29) is 23.0 Å². The maximum Gasteiger partial charge on any atom is 0.270 e. The molecule has 0 amide bonds. The van der Waals surface area contributed by atoms with Crippen molar-refractivity contribution < 1.29 is 9.66 Å². The molecule has 5 nitrogen and oxygen atoms in total. The number of aromatic nitrogens is 1. The molecule has 0 aliphatic carbocycles. The van der Waals surface area contributed by atoms with Crippen molar-refractivity contribution in [2.24, 2.45) is 5.92 Å². The lowest BCUT2D eigenvalue weighted by molar-refractivity contribution is -0.384. The van der Waals surface area contributed by atoms with Crippen LogP contribution < -0.4 is 4.74 Å². The van der Waals surface area contributed by atoms with E-state index in [0.29, 0.717) is 12.5 Å². The van der Waals surface area contributed by atoms with Gasteiger partial charge in [0.2, 0.25) is 0 Å². The van der Waals surface area contributed by atoms with Gasteiger partial charge in [-0.15, -0.1) is 12.4 Å². The summed E-state index contributed by atoms with van der Waals surface area (Å²) in [6, 6.07) is 24.6. The number of fused-ring (bicyclic) bond motifs is 1. The Balaban J connectivity index is 0.00000289. The summed E-state index contributed by atoms with van der Waals surface area (Å²) in [4.78, 5) is 15.7. The number of nitro benzene ring substituents is 1. The van der Waals surface area contributed by atoms with Crippen molar-refractivity contribution in [2.75, 3.05) is 6.61 Å². The molecular weight excluding hydrogens is 424 g/mol. The maximum absolute atomic E-state index is 11.3. The SMILES string of the molecule is CC(C)CCOc1ccc(-c2cc(-c3ccccc3)c3cc([N+](=O)[O-])ccc3n2)cc1.Cl. The van der Waals surface area contributed by atoms with Gasteiger partial charge in [-0.25, -0.2) is 4.98 Å². The summed E-state index contributed by atoms with van der Waals surface area (Å²) in [7, 11) is 0. The van der Waals surface area contributed by atoms with E-state index < -0.39 is 0 Å². The summed E-state index contributed by atoms with van der Waals surface area (Å²) in [5, 5.41) is 12.1. The third-order valence-corrected chi connectivity index (χ3v) is 5.20. The van der Waals surface area contributed by atoms with Gasteiger partial charge in [-0.05, 0) is 59.9 Å². The predicted molar refractivity (Wildman–Crippen MR) is 131 cm³/mol. The highest BCUT2D eigenvalue weighted by atomic mass is 35.5. The highest BCUT2D eigenvalue weighted by Crippen LogP contribution is 2.34. The Bertz CT molecular complexity index is 1210. The second-order valence-electron chi connectivity index (χ2n) is 7.94. The molecule has 3 aromatic carbocycles. The standard InChI is InChI=1S/C26H24N2O3.ClH/c1-18(2)14-15-31-22-11-8-20(9-12-22)26-17-23(19-6-4-3-5-7-19)24-16-21(28(29)30)10-13-25(24)27-26;/h3-13,16-18H,14-15H2,1-2H3;1H. The minimum Gasteiger partial charge on any atom is -0.494 e. The summed E-state index contributed by atoms with van der Waals surface area (Å²) in [6.45, 7) is 5.05. The van der Waals surface area contributed by atoms with Gasteiger partial charge in [-0.2, -0.15) is 0 Å². The normalized spacial score (nSPS) is 10.7. The van der Waals surface area contributed by atoms with E-state index in [9.17, 15) is 10.1 Å². The van der Waals surface area contributed by atoms with Gasteiger partial charge < -0.3 is 4.74 Å². The van der Waals surface area contributed by atoms with E-state index in [2.05, 4.69) is 13.8 Å². The largest absolute Gasteiger partial charge is 0.494 e. The first kappa shape index (κ1) is 23.2. The van der Waals surface area contributed by atoms with Crippen LogP contribution in [0, 0.1) is 16.0 Å². The third-order valence-electron chi connectivity index (χ3n) is 5.20. The highest BCUT2D eigenvalue weighted by molar-refractivity contribution is 5.97. The van der Waals surface area contributed by atoms with E-state index in [1.165, 1.54) is 6.07 Å². The van der Waals surface area contributed by atoms with Crippen LogP contribution in [-0.4, -0.2) is 16.5 Å². The first-order chi connectivity index (χ1) is 15.0. The van der Waals surface area contributed by atoms with E-state index in [4.69, 9.17) is 9.72 Å². The van der Waals surface area contributed by atoms with Gasteiger partial charge in [0.1, 0.15) is 5.75 Å². The van der Waals surface area contributed by atoms with Crippen LogP contribution in [0.15, 0.2) is 78.9 Å². The van der Waals surface area contributed by atoms with Gasteiger partial charge in [-0.1, -0.05) is 44.2 Å². The number of halogens is 1. The first-order valence-electron chi connectivity index (χ1n) is 10.4. The van der Waals surface area contributed by atoms with Gasteiger partial charge >= 0.3 is 0 Å². The number of nitro groups is 1. The molecule has 0 aliphatic rings. The summed E-state index contributed by atoms with van der Waals surface area (Å²) in [6.07, 6.45) is 1.01. The van der Waals surface area contributed by atoms with Gasteiger partial charge in [0.05, 0.1) is 22.7 Å². The summed E-state index contributed by atoms with van der Waals surface area (Å²) < 4.78 is 5.82. The Morgan fingerprint density at radius 2 is 1.66 bits per heavy atom. The van der Waals surface area contributed by atoms with Crippen molar-refractivity contribution in [3.63, 3.8) is 0 Å². The molecule has 32 heavy (non-hydrogen) atoms. The molecule has 164 valence electrons. The predicted octanol–water partition coefficient (Wildman–Crippen LogP) is 7.32. The lowest BCUT2D eigenvalue weighted by atomic mass is 9.98. The Morgan fingerprint density at radius 3 is 2.31 bits per heavy atom.